The molecule has 2 aliphatic heterocycles. The zero-order valence-electron chi connectivity index (χ0n) is 77.0. The number of carbonyl (C=O) groups excluding carboxylic acids is 10. The maximum absolute atomic E-state index is 12.1. The second-order valence-corrected chi connectivity index (χ2v) is 51.3. The Kier molecular flexibility index (Phi) is 74.8. The van der Waals surface area contributed by atoms with Crippen molar-refractivity contribution >= 4 is 131 Å². The molecule has 0 bridgehead atoms. The molecular weight excluding hydrogens is 1730 g/mol. The third-order valence-corrected chi connectivity index (χ3v) is 39.4. The molecule has 10 amide bonds. The molecule has 0 radical (unpaired) electrons. The Morgan fingerprint density at radius 3 is 0.921 bits per heavy atom. The number of rotatable bonds is 46. The number of likely N-dealkylation sites (tertiary alicyclic amines) is 2. The number of imide groups is 2. The van der Waals surface area contributed by atoms with E-state index in [1.807, 2.05) is 0 Å². The van der Waals surface area contributed by atoms with E-state index < -0.39 is 237 Å². The lowest BCUT2D eigenvalue weighted by atomic mass is 9.86. The largest absolute Gasteiger partial charge is 0.481 e. The fraction of sp³-hybridized carbons (Fsp3) is 0.625. The van der Waals surface area contributed by atoms with Crippen LogP contribution in [0.5, 0.6) is 0 Å². The number of nitrogens with one attached hydrogen (secondary N) is 6. The van der Waals surface area contributed by atoms with Crippen LogP contribution in [0.3, 0.4) is 0 Å². The third kappa shape index (κ3) is 62.4. The Labute approximate surface area is 747 Å². The molecule has 44 nitrogen and oxygen atoms in total. The Bertz CT molecular complexity index is 3370. The van der Waals surface area contributed by atoms with Crippen molar-refractivity contribution in [2.75, 3.05) is 87.2 Å². The molecule has 0 spiro atoms. The maximum atomic E-state index is 12.1. The van der Waals surface area contributed by atoms with Crippen molar-refractivity contribution < 1.29 is 168 Å². The van der Waals surface area contributed by atoms with Crippen LogP contribution >= 0.6 is 0 Å². The van der Waals surface area contributed by atoms with E-state index in [1.165, 1.54) is 65.5 Å². The highest BCUT2D eigenvalue weighted by atomic mass is 29.3. The predicted molar refractivity (Wildman–Crippen MR) is 477 cm³/mol. The summed E-state index contributed by atoms with van der Waals surface area (Å²) in [7, 11) is -2.01. The molecule has 127 heavy (non-hydrogen) atoms. The number of aliphatic hydroxyl groups excluding tert-OH is 6. The lowest BCUT2D eigenvalue weighted by molar-refractivity contribution is -0.152. The number of aliphatic hydroxyl groups is 6. The summed E-state index contributed by atoms with van der Waals surface area (Å²) in [5, 5.41) is 131. The van der Waals surface area contributed by atoms with Gasteiger partial charge in [-0.05, 0) is 71.8 Å². The molecule has 4 unspecified atom stereocenters. The number of nitrogens with two attached hydrogens (primary N) is 2. The summed E-state index contributed by atoms with van der Waals surface area (Å²) in [5.41, 5.74) is 2.78. The van der Waals surface area contributed by atoms with Gasteiger partial charge in [0.2, 0.25) is 59.1 Å². The van der Waals surface area contributed by atoms with E-state index >= 15 is 0 Å². The molecule has 0 aliphatic carbocycles. The summed E-state index contributed by atoms with van der Waals surface area (Å²) in [6.45, 7) is 54.0. The Morgan fingerprint density at radius 1 is 0.465 bits per heavy atom. The smallest absolute Gasteiger partial charge is 0.331 e. The fourth-order valence-electron chi connectivity index (χ4n) is 9.44. The molecule has 0 aromatic heterocycles. The predicted octanol–water partition coefficient (Wildman–Crippen LogP) is 2.40. The van der Waals surface area contributed by atoms with Crippen LogP contribution in [0.15, 0.2) is 73.9 Å². The second-order valence-electron chi connectivity index (χ2n) is 31.5. The van der Waals surface area contributed by atoms with Crippen LogP contribution in [0.1, 0.15) is 154 Å². The zero-order chi connectivity index (χ0) is 102. The lowest BCUT2D eigenvalue weighted by Crippen LogP contribution is -2.61. The molecule has 734 valence electrons. The Balaban J connectivity index is -0.000000158. The van der Waals surface area contributed by atoms with Gasteiger partial charge in [0.15, 0.2) is 16.2 Å². The van der Waals surface area contributed by atoms with E-state index in [9.17, 15) is 96.5 Å². The summed E-state index contributed by atoms with van der Waals surface area (Å²) in [5.74, 6) is -15.1. The number of amides is 10. The number of unbranched alkanes of at least 4 members (excludes halogenated alkanes) is 2. The van der Waals surface area contributed by atoms with Crippen molar-refractivity contribution in [2.45, 2.75) is 204 Å². The maximum Gasteiger partial charge on any atom is 0.331 e. The normalized spacial score (nSPS) is 14.8. The topological polar surface area (TPSA) is 740 Å². The van der Waals surface area contributed by atoms with E-state index in [0.29, 0.717) is 11.8 Å². The van der Waals surface area contributed by atoms with Gasteiger partial charge in [0.1, 0.15) is 6.67 Å². The molecule has 2 heterocycles. The summed E-state index contributed by atoms with van der Waals surface area (Å²) >= 11 is 0. The van der Waals surface area contributed by atoms with Gasteiger partial charge in [0, 0.05) is 76.2 Å². The molecular formula is C80H148N10O34Si3. The SMILES string of the molecule is C=C.C=C(CC(=O)O)C(=O)NCNC(=O)C(=C)CC(=O)O.C=C(CC(=O)O)C(=O)NCNC(=O)C(=C)CC(=O)O.C=C(CC(=O)O)C(=O)O.CC(C)COCC(C)C.CC(CO)(CC(=O)O)C(=O)NCNC(=O)C(C)(CO)CC(=O)O.CC1(CO)CC(=O)N(CN2C(=O)CC(C)(CO)C2=O)C1=O.CCCC[Si](C)(C)O[Si](C)(C)[Si](C)(C)CCCC.CO.CO.NCN.[2HH]. The molecule has 24 N–H and O–H groups in total. The number of carbonyl (C=O) groups is 18. The van der Waals surface area contributed by atoms with E-state index in [0.717, 1.165) is 37.2 Å². The Morgan fingerprint density at radius 2 is 0.717 bits per heavy atom. The minimum atomic E-state index is -1.56. The van der Waals surface area contributed by atoms with Gasteiger partial charge in [-0.15, -0.1) is 13.2 Å². The Hall–Kier alpha value is -10.4. The molecule has 47 heteroatoms. The van der Waals surface area contributed by atoms with Gasteiger partial charge in [0.05, 0.1) is 121 Å². The molecule has 0 saturated carbocycles. The second kappa shape index (κ2) is 70.6. The number of nitrogens with zero attached hydrogens (tertiary/aromatic N) is 2. The van der Waals surface area contributed by atoms with Crippen molar-refractivity contribution in [1.29, 1.82) is 0 Å². The number of aliphatic carboxylic acids is 8. The summed E-state index contributed by atoms with van der Waals surface area (Å²) in [6.07, 6.45) is 1.33. The van der Waals surface area contributed by atoms with E-state index in [4.69, 9.17) is 70.1 Å². The number of carboxylic acid groups (broad SMARTS) is 8. The van der Waals surface area contributed by atoms with Crippen LogP contribution in [0.4, 0.5) is 0 Å². The highest BCUT2D eigenvalue weighted by Crippen LogP contribution is 2.36. The van der Waals surface area contributed by atoms with Gasteiger partial charge >= 0.3 is 47.8 Å². The molecule has 2 fully saturated rings. The minimum absolute atomic E-state index is 0. The van der Waals surface area contributed by atoms with Crippen LogP contribution in [0.25, 0.3) is 0 Å². The minimum Gasteiger partial charge on any atom is -0.481 e. The highest BCUT2D eigenvalue weighted by molar-refractivity contribution is 7.39. The number of carboxylic acids is 8. The van der Waals surface area contributed by atoms with E-state index in [1.54, 1.807) is 0 Å². The van der Waals surface area contributed by atoms with E-state index in [-0.39, 0.29) is 62.1 Å². The van der Waals surface area contributed by atoms with Crippen LogP contribution in [0.2, 0.25) is 51.4 Å². The monoisotopic (exact) mass is 1880 g/mol. The van der Waals surface area contributed by atoms with Crippen LogP contribution in [0, 0.1) is 33.5 Å². The molecule has 2 aliphatic rings. The first-order valence-corrected chi connectivity index (χ1v) is 49.6. The van der Waals surface area contributed by atoms with Crippen LogP contribution in [-0.2, 0) is 95.2 Å². The van der Waals surface area contributed by atoms with Gasteiger partial charge in [-0.25, -0.2) is 4.79 Å². The van der Waals surface area contributed by atoms with Crippen molar-refractivity contribution in [3.8, 4) is 0 Å². The van der Waals surface area contributed by atoms with Gasteiger partial charge in [-0.1, -0.05) is 119 Å². The third-order valence-electron chi connectivity index (χ3n) is 17.3. The summed E-state index contributed by atoms with van der Waals surface area (Å²) in [4.78, 5) is 201. The molecule has 2 rings (SSSR count). The average Bonchev–Trinajstić information content (AvgIpc) is 1.15. The quantitative estimate of drug-likeness (QED) is 0.0137. The van der Waals surface area contributed by atoms with Crippen LogP contribution in [-0.4, -0.2) is 299 Å². The van der Waals surface area contributed by atoms with Gasteiger partial charge in [-0.2, -0.15) is 0 Å². The highest BCUT2D eigenvalue weighted by Gasteiger charge is 2.53. The standard InChI is InChI=1S/C14H36OSi3.C13H22N2O8.C13H18N2O6.2C11H14N2O6.C8H18O.C5H6O4.C2H4.CH6N2.2CH4O.H2/c1-9-11-13-16(3,4)15-18(7,8)17(5,6)14-12-10-2;1-12(5-16,3-8(18)19)10(22)14-7-15-11(23)13(2,6-17)4-9(20)21;1-12(5-16)3-8(18)14(10(12)20)7-15-9(19)4-13(2,6-17)11(15)21;2*1-6(3-8(14)15)10(18)12-5-13-11(19)7(2)4-9(16)17;1-7(2)5-9-6-8(3)4;1-3(5(8)9)2-4(6)7;1-2;2-1-3;2*1-2;/h9-14H2,1-8H3;16-17H,3-7H2,1-2H3,(H,14,22)(H,15,23)(H,18,19)(H,20,21);16-17H,3-7H2,1-2H3;2*1-5H2,(H,12,18)(H,13,19)(H,14,15)(H,16,17);7-8H,5-6H2,1-4H3;1-2H2,(H,6,7)(H,8,9);1-2H2;1-3H2;2*2H,1H3;1H/i;;;;;;;;;;;1+1. The molecule has 2 saturated heterocycles. The fourth-order valence-corrected chi connectivity index (χ4v) is 26.8. The summed E-state index contributed by atoms with van der Waals surface area (Å²) in [6, 6.07) is 2.80. The molecule has 4 atom stereocenters. The number of hydrogen-bond acceptors (Lipinski definition) is 28. The first kappa shape index (κ1) is 135. The first-order chi connectivity index (χ1) is 58.3. The average molecular weight is 1880 g/mol. The van der Waals surface area contributed by atoms with Crippen molar-refractivity contribution in [3.63, 3.8) is 0 Å². The number of hydrogen-bond donors (Lipinski definition) is 22. The van der Waals surface area contributed by atoms with E-state index in [2.05, 4.69) is 170 Å². The van der Waals surface area contributed by atoms with Gasteiger partial charge < -0.3 is 124 Å². The van der Waals surface area contributed by atoms with Crippen LogP contribution < -0.4 is 43.4 Å². The first-order valence-electron chi connectivity index (χ1n) is 39.4. The van der Waals surface area contributed by atoms with Crippen molar-refractivity contribution in [3.05, 3.63) is 73.9 Å². The lowest BCUT2D eigenvalue weighted by Gasteiger charge is -2.43. The number of ether oxygens (including phenoxy) is 1. The van der Waals surface area contributed by atoms with Crippen molar-refractivity contribution in [1.82, 2.24) is 41.7 Å². The molecule has 0 aromatic rings. The van der Waals surface area contributed by atoms with Crippen molar-refractivity contribution in [2.24, 2.45) is 45.0 Å². The van der Waals surface area contributed by atoms with Gasteiger partial charge in [0.25, 0.3) is 0 Å². The van der Waals surface area contributed by atoms with Gasteiger partial charge in [-0.3, -0.25) is 91.3 Å². The molecule has 0 aromatic carbocycles. The zero-order valence-corrected chi connectivity index (χ0v) is 80.0. The summed E-state index contributed by atoms with van der Waals surface area (Å²) < 4.78 is 12.2.